The first-order chi connectivity index (χ1) is 8.33. The zero-order valence-corrected chi connectivity index (χ0v) is 9.82. The van der Waals surface area contributed by atoms with Crippen LogP contribution in [0, 0.1) is 0 Å². The molecule has 1 heterocycles. The van der Waals surface area contributed by atoms with E-state index in [1.165, 1.54) is 23.8 Å². The number of rotatable bonds is 1. The molecule has 0 spiro atoms. The lowest BCUT2D eigenvalue weighted by atomic mass is 9.90. The van der Waals surface area contributed by atoms with Crippen molar-refractivity contribution in [2.24, 2.45) is 0 Å². The number of hydrogen-bond donors (Lipinski definition) is 2. The molecular formula is C15H17NO. The van der Waals surface area contributed by atoms with Gasteiger partial charge in [-0.3, -0.25) is 0 Å². The Morgan fingerprint density at radius 2 is 1.88 bits per heavy atom. The molecule has 1 fully saturated rings. The van der Waals surface area contributed by atoms with Crippen LogP contribution >= 0.6 is 0 Å². The van der Waals surface area contributed by atoms with Gasteiger partial charge < -0.3 is 10.4 Å². The molecule has 1 aliphatic rings. The standard InChI is InChI=1S/C15H17NO/c17-15-6-5-11-8-12(3-4-13(11)9-15)14-2-1-7-16-10-14/h3-6,8-9,14,16-17H,1-2,7,10H2. The summed E-state index contributed by atoms with van der Waals surface area (Å²) in [5.74, 6) is 0.978. The Labute approximate surface area is 101 Å². The number of aromatic hydroxyl groups is 1. The van der Waals surface area contributed by atoms with Crippen molar-refractivity contribution in [1.82, 2.24) is 5.32 Å². The fourth-order valence-electron chi connectivity index (χ4n) is 2.64. The summed E-state index contributed by atoms with van der Waals surface area (Å²) < 4.78 is 0. The van der Waals surface area contributed by atoms with E-state index in [9.17, 15) is 5.11 Å². The lowest BCUT2D eigenvalue weighted by molar-refractivity contribution is 0.462. The topological polar surface area (TPSA) is 32.3 Å². The number of nitrogens with one attached hydrogen (secondary N) is 1. The minimum Gasteiger partial charge on any atom is -0.508 e. The molecule has 17 heavy (non-hydrogen) atoms. The molecule has 0 amide bonds. The van der Waals surface area contributed by atoms with Crippen LogP contribution in [0.4, 0.5) is 0 Å². The van der Waals surface area contributed by atoms with E-state index in [0.717, 1.165) is 18.5 Å². The van der Waals surface area contributed by atoms with Gasteiger partial charge in [-0.1, -0.05) is 24.3 Å². The summed E-state index contributed by atoms with van der Waals surface area (Å²) in [7, 11) is 0. The van der Waals surface area contributed by atoms with E-state index in [2.05, 4.69) is 23.5 Å². The molecule has 0 bridgehead atoms. The molecule has 0 saturated carbocycles. The molecule has 2 N–H and O–H groups in total. The second kappa shape index (κ2) is 4.38. The van der Waals surface area contributed by atoms with Gasteiger partial charge in [0, 0.05) is 6.54 Å². The molecule has 1 atom stereocenters. The number of hydrogen-bond acceptors (Lipinski definition) is 2. The van der Waals surface area contributed by atoms with Gasteiger partial charge in [-0.25, -0.2) is 0 Å². The summed E-state index contributed by atoms with van der Waals surface area (Å²) in [6.07, 6.45) is 2.54. The molecule has 2 aromatic rings. The molecule has 0 aliphatic carbocycles. The maximum Gasteiger partial charge on any atom is 0.116 e. The fourth-order valence-corrected chi connectivity index (χ4v) is 2.64. The van der Waals surface area contributed by atoms with E-state index in [0.29, 0.717) is 11.7 Å². The van der Waals surface area contributed by atoms with E-state index >= 15 is 0 Å². The normalized spacial score (nSPS) is 20.6. The number of phenols is 1. The van der Waals surface area contributed by atoms with Crippen molar-refractivity contribution in [2.75, 3.05) is 13.1 Å². The highest BCUT2D eigenvalue weighted by atomic mass is 16.3. The van der Waals surface area contributed by atoms with E-state index < -0.39 is 0 Å². The van der Waals surface area contributed by atoms with E-state index in [1.807, 2.05) is 12.1 Å². The van der Waals surface area contributed by atoms with E-state index in [1.54, 1.807) is 6.07 Å². The molecule has 1 unspecified atom stereocenters. The molecule has 88 valence electrons. The van der Waals surface area contributed by atoms with Crippen molar-refractivity contribution in [1.29, 1.82) is 0 Å². The monoisotopic (exact) mass is 227 g/mol. The van der Waals surface area contributed by atoms with Gasteiger partial charge in [0.2, 0.25) is 0 Å². The Morgan fingerprint density at radius 1 is 1.06 bits per heavy atom. The van der Waals surface area contributed by atoms with Gasteiger partial charge in [-0.2, -0.15) is 0 Å². The summed E-state index contributed by atoms with van der Waals surface area (Å²) in [4.78, 5) is 0. The van der Waals surface area contributed by atoms with Crippen molar-refractivity contribution in [3.63, 3.8) is 0 Å². The minimum atomic E-state index is 0.338. The molecule has 3 rings (SSSR count). The zero-order chi connectivity index (χ0) is 11.7. The van der Waals surface area contributed by atoms with Crippen LogP contribution in [-0.2, 0) is 0 Å². The third-order valence-electron chi connectivity index (χ3n) is 3.62. The van der Waals surface area contributed by atoms with Gasteiger partial charge in [0.15, 0.2) is 0 Å². The summed E-state index contributed by atoms with van der Waals surface area (Å²) in [6, 6.07) is 12.1. The maximum absolute atomic E-state index is 9.44. The molecule has 0 radical (unpaired) electrons. The van der Waals surface area contributed by atoms with Crippen LogP contribution in [0.15, 0.2) is 36.4 Å². The number of benzene rings is 2. The van der Waals surface area contributed by atoms with Crippen LogP contribution < -0.4 is 5.32 Å². The number of piperidine rings is 1. The lowest BCUT2D eigenvalue weighted by Crippen LogP contribution is -2.28. The third-order valence-corrected chi connectivity index (χ3v) is 3.62. The zero-order valence-electron chi connectivity index (χ0n) is 9.82. The predicted octanol–water partition coefficient (Wildman–Crippen LogP) is 3.01. The molecule has 2 aromatic carbocycles. The first-order valence-corrected chi connectivity index (χ1v) is 6.26. The summed E-state index contributed by atoms with van der Waals surface area (Å²) in [6.45, 7) is 2.24. The molecule has 2 nitrogen and oxygen atoms in total. The molecule has 0 aromatic heterocycles. The third kappa shape index (κ3) is 2.13. The Kier molecular flexibility index (Phi) is 2.73. The van der Waals surface area contributed by atoms with Gasteiger partial charge in [0.25, 0.3) is 0 Å². The quantitative estimate of drug-likeness (QED) is 0.785. The Hall–Kier alpha value is -1.54. The van der Waals surface area contributed by atoms with Crippen molar-refractivity contribution in [3.05, 3.63) is 42.0 Å². The van der Waals surface area contributed by atoms with Gasteiger partial charge in [-0.15, -0.1) is 0 Å². The van der Waals surface area contributed by atoms with Gasteiger partial charge in [0.1, 0.15) is 5.75 Å². The number of phenolic OH excluding ortho intramolecular Hbond substituents is 1. The Bertz CT molecular complexity index is 529. The lowest BCUT2D eigenvalue weighted by Gasteiger charge is -2.23. The highest BCUT2D eigenvalue weighted by Gasteiger charge is 2.15. The first kappa shape index (κ1) is 10.6. The van der Waals surface area contributed by atoms with Crippen LogP contribution in [0.5, 0.6) is 5.75 Å². The summed E-state index contributed by atoms with van der Waals surface area (Å²) in [5, 5.41) is 15.2. The summed E-state index contributed by atoms with van der Waals surface area (Å²) >= 11 is 0. The van der Waals surface area contributed by atoms with Crippen molar-refractivity contribution in [2.45, 2.75) is 18.8 Å². The van der Waals surface area contributed by atoms with Crippen LogP contribution in [0.25, 0.3) is 10.8 Å². The fraction of sp³-hybridized carbons (Fsp3) is 0.333. The van der Waals surface area contributed by atoms with E-state index in [-0.39, 0.29) is 0 Å². The van der Waals surface area contributed by atoms with Crippen molar-refractivity contribution in [3.8, 4) is 5.75 Å². The van der Waals surface area contributed by atoms with Crippen molar-refractivity contribution < 1.29 is 5.11 Å². The highest BCUT2D eigenvalue weighted by molar-refractivity contribution is 5.84. The molecule has 1 saturated heterocycles. The van der Waals surface area contributed by atoms with Crippen LogP contribution in [0.1, 0.15) is 24.3 Å². The van der Waals surface area contributed by atoms with E-state index in [4.69, 9.17) is 0 Å². The van der Waals surface area contributed by atoms with Crippen LogP contribution in [-0.4, -0.2) is 18.2 Å². The smallest absolute Gasteiger partial charge is 0.116 e. The second-order valence-corrected chi connectivity index (χ2v) is 4.83. The molecular weight excluding hydrogens is 210 g/mol. The van der Waals surface area contributed by atoms with Crippen molar-refractivity contribution >= 4 is 10.8 Å². The Morgan fingerprint density at radius 3 is 2.71 bits per heavy atom. The van der Waals surface area contributed by atoms with Gasteiger partial charge in [-0.05, 0) is 53.8 Å². The second-order valence-electron chi connectivity index (χ2n) is 4.83. The first-order valence-electron chi connectivity index (χ1n) is 6.26. The summed E-state index contributed by atoms with van der Waals surface area (Å²) in [5.41, 5.74) is 1.41. The average molecular weight is 227 g/mol. The van der Waals surface area contributed by atoms with Crippen LogP contribution in [0.3, 0.4) is 0 Å². The van der Waals surface area contributed by atoms with Gasteiger partial charge in [0.05, 0.1) is 0 Å². The average Bonchev–Trinajstić information content (AvgIpc) is 2.39. The molecule has 2 heteroatoms. The minimum absolute atomic E-state index is 0.338. The maximum atomic E-state index is 9.44. The number of fused-ring (bicyclic) bond motifs is 1. The van der Waals surface area contributed by atoms with Crippen LogP contribution in [0.2, 0.25) is 0 Å². The SMILES string of the molecule is Oc1ccc2cc(C3CCCNC3)ccc2c1. The highest BCUT2D eigenvalue weighted by Crippen LogP contribution is 2.27. The Balaban J connectivity index is 1.98. The van der Waals surface area contributed by atoms with Gasteiger partial charge >= 0.3 is 0 Å². The molecule has 1 aliphatic heterocycles. The largest absolute Gasteiger partial charge is 0.508 e. The predicted molar refractivity (Wildman–Crippen MR) is 70.5 cm³/mol.